The van der Waals surface area contributed by atoms with Gasteiger partial charge in [-0.1, -0.05) is 26.0 Å². The quantitative estimate of drug-likeness (QED) is 0.239. The van der Waals surface area contributed by atoms with Crippen LogP contribution < -0.4 is 15.4 Å². The first-order chi connectivity index (χ1) is 13.0. The maximum Gasteiger partial charge on any atom is 0.191 e. The number of rotatable bonds is 9. The zero-order chi connectivity index (χ0) is 19.6. The molecule has 2 aromatic rings. The van der Waals surface area contributed by atoms with Gasteiger partial charge in [0.25, 0.3) is 0 Å². The average molecular weight is 500 g/mol. The summed E-state index contributed by atoms with van der Waals surface area (Å²) in [6, 6.07) is 6.31. The summed E-state index contributed by atoms with van der Waals surface area (Å²) < 4.78 is 7.93. The molecule has 0 saturated carbocycles. The number of guanidine groups is 1. The fraction of sp³-hybridized carbons (Fsp3) is 0.550. The fourth-order valence-electron chi connectivity index (χ4n) is 2.65. The Hall–Kier alpha value is -1.84. The Bertz CT molecular complexity index is 744. The molecule has 0 aliphatic heterocycles. The van der Waals surface area contributed by atoms with Gasteiger partial charge in [0.1, 0.15) is 12.1 Å². The van der Waals surface area contributed by atoms with Gasteiger partial charge in [-0.25, -0.2) is 0 Å². The fourth-order valence-corrected chi connectivity index (χ4v) is 2.65. The molecular formula is C20H33IN6O. The van der Waals surface area contributed by atoms with Crippen LogP contribution in [0.5, 0.6) is 5.75 Å². The topological polar surface area (TPSA) is 76.4 Å². The normalized spacial score (nSPS) is 11.3. The Balaban J connectivity index is 0.00000392. The largest absolute Gasteiger partial charge is 0.493 e. The molecule has 0 atom stereocenters. The van der Waals surface area contributed by atoms with Crippen LogP contribution in [0.3, 0.4) is 0 Å². The van der Waals surface area contributed by atoms with E-state index in [1.54, 1.807) is 13.4 Å². The summed E-state index contributed by atoms with van der Waals surface area (Å²) in [6.07, 6.45) is 3.93. The summed E-state index contributed by atoms with van der Waals surface area (Å²) in [7, 11) is 3.67. The van der Waals surface area contributed by atoms with Gasteiger partial charge < -0.3 is 19.9 Å². The van der Waals surface area contributed by atoms with Crippen LogP contribution in [0.2, 0.25) is 0 Å². The van der Waals surface area contributed by atoms with E-state index in [1.807, 2.05) is 11.6 Å². The molecule has 1 aromatic carbocycles. The van der Waals surface area contributed by atoms with Gasteiger partial charge in [-0.2, -0.15) is 0 Å². The second-order valence-corrected chi connectivity index (χ2v) is 7.13. The van der Waals surface area contributed by atoms with Crippen molar-refractivity contribution < 1.29 is 4.74 Å². The van der Waals surface area contributed by atoms with Gasteiger partial charge in [-0.3, -0.25) is 4.99 Å². The summed E-state index contributed by atoms with van der Waals surface area (Å²) in [5.41, 5.74) is 2.31. The lowest BCUT2D eigenvalue weighted by Crippen LogP contribution is -2.37. The average Bonchev–Trinajstić information content (AvgIpc) is 3.05. The molecule has 0 unspecified atom stereocenters. The van der Waals surface area contributed by atoms with Crippen molar-refractivity contribution >= 4 is 29.9 Å². The van der Waals surface area contributed by atoms with Gasteiger partial charge in [-0.15, -0.1) is 34.2 Å². The molecule has 1 heterocycles. The maximum atomic E-state index is 6.05. The number of hydrogen-bond acceptors (Lipinski definition) is 4. The summed E-state index contributed by atoms with van der Waals surface area (Å²) in [5.74, 6) is 3.21. The number of nitrogens with one attached hydrogen (secondary N) is 2. The number of aliphatic imine (C=N–C) groups is 1. The van der Waals surface area contributed by atoms with Crippen molar-refractivity contribution in [3.05, 3.63) is 41.5 Å². The number of halogens is 1. The molecule has 0 radical (unpaired) electrons. The molecule has 0 spiro atoms. The van der Waals surface area contributed by atoms with Crippen molar-refractivity contribution in [2.24, 2.45) is 18.0 Å². The molecule has 2 rings (SSSR count). The van der Waals surface area contributed by atoms with E-state index < -0.39 is 0 Å². The smallest absolute Gasteiger partial charge is 0.191 e. The van der Waals surface area contributed by atoms with E-state index in [2.05, 4.69) is 64.8 Å². The van der Waals surface area contributed by atoms with E-state index in [9.17, 15) is 0 Å². The SMILES string of the molecule is CN=C(NCc1ccc(C)cc1OCCCC(C)C)NCc1nncn1C.I. The van der Waals surface area contributed by atoms with Crippen LogP contribution in [-0.4, -0.2) is 34.4 Å². The number of nitrogens with zero attached hydrogens (tertiary/aromatic N) is 4. The Labute approximate surface area is 185 Å². The highest BCUT2D eigenvalue weighted by atomic mass is 127. The number of ether oxygens (including phenoxy) is 1. The molecule has 28 heavy (non-hydrogen) atoms. The molecule has 0 amide bonds. The molecular weight excluding hydrogens is 467 g/mol. The second kappa shape index (κ2) is 12.6. The highest BCUT2D eigenvalue weighted by Crippen LogP contribution is 2.21. The molecule has 156 valence electrons. The number of aryl methyl sites for hydroxylation is 2. The predicted octanol–water partition coefficient (Wildman–Crippen LogP) is 3.42. The van der Waals surface area contributed by atoms with Crippen molar-refractivity contribution in [2.75, 3.05) is 13.7 Å². The summed E-state index contributed by atoms with van der Waals surface area (Å²) >= 11 is 0. The van der Waals surface area contributed by atoms with Crippen LogP contribution in [0.25, 0.3) is 0 Å². The highest BCUT2D eigenvalue weighted by Gasteiger charge is 2.07. The van der Waals surface area contributed by atoms with E-state index in [4.69, 9.17) is 4.74 Å². The van der Waals surface area contributed by atoms with Crippen LogP contribution in [0.1, 0.15) is 43.6 Å². The first-order valence-corrected chi connectivity index (χ1v) is 9.49. The Morgan fingerprint density at radius 2 is 2.00 bits per heavy atom. The minimum atomic E-state index is 0. The van der Waals surface area contributed by atoms with Crippen LogP contribution in [0, 0.1) is 12.8 Å². The lowest BCUT2D eigenvalue weighted by atomic mass is 10.1. The first-order valence-electron chi connectivity index (χ1n) is 9.49. The third-order valence-electron chi connectivity index (χ3n) is 4.30. The van der Waals surface area contributed by atoms with Gasteiger partial charge in [0.05, 0.1) is 13.2 Å². The van der Waals surface area contributed by atoms with Gasteiger partial charge in [0.2, 0.25) is 0 Å². The zero-order valence-electron chi connectivity index (χ0n) is 17.5. The van der Waals surface area contributed by atoms with Crippen molar-refractivity contribution in [1.82, 2.24) is 25.4 Å². The molecule has 0 aliphatic carbocycles. The van der Waals surface area contributed by atoms with Gasteiger partial charge in [-0.05, 0) is 37.3 Å². The van der Waals surface area contributed by atoms with Crippen molar-refractivity contribution in [3.8, 4) is 5.75 Å². The minimum Gasteiger partial charge on any atom is -0.493 e. The maximum absolute atomic E-state index is 6.05. The summed E-state index contributed by atoms with van der Waals surface area (Å²) in [4.78, 5) is 4.27. The molecule has 7 nitrogen and oxygen atoms in total. The predicted molar refractivity (Wildman–Crippen MR) is 124 cm³/mol. The van der Waals surface area contributed by atoms with Gasteiger partial charge in [0, 0.05) is 26.2 Å². The standard InChI is InChI=1S/C20H32N6O.HI/c1-15(2)7-6-10-27-18-11-16(3)8-9-17(18)12-22-20(21-4)23-13-19-25-24-14-26(19)5;/h8-9,11,14-15H,6-7,10,12-13H2,1-5H3,(H2,21,22,23);1H. The molecule has 8 heteroatoms. The molecule has 0 aliphatic rings. The minimum absolute atomic E-state index is 0. The van der Waals surface area contributed by atoms with E-state index in [0.29, 0.717) is 25.0 Å². The Morgan fingerprint density at radius 1 is 1.25 bits per heavy atom. The summed E-state index contributed by atoms with van der Waals surface area (Å²) in [5, 5.41) is 14.5. The van der Waals surface area contributed by atoms with Crippen LogP contribution in [-0.2, 0) is 20.1 Å². The van der Waals surface area contributed by atoms with E-state index in [0.717, 1.165) is 30.2 Å². The van der Waals surface area contributed by atoms with E-state index >= 15 is 0 Å². The Kier molecular flexibility index (Phi) is 10.9. The number of hydrogen-bond donors (Lipinski definition) is 2. The van der Waals surface area contributed by atoms with Crippen molar-refractivity contribution in [3.63, 3.8) is 0 Å². The molecule has 2 N–H and O–H groups in total. The van der Waals surface area contributed by atoms with E-state index in [1.165, 1.54) is 12.0 Å². The lowest BCUT2D eigenvalue weighted by molar-refractivity contribution is 0.294. The van der Waals surface area contributed by atoms with Crippen molar-refractivity contribution in [1.29, 1.82) is 0 Å². The van der Waals surface area contributed by atoms with Gasteiger partial charge in [0.15, 0.2) is 11.8 Å². The second-order valence-electron chi connectivity index (χ2n) is 7.13. The van der Waals surface area contributed by atoms with Crippen LogP contribution in [0.15, 0.2) is 29.5 Å². The van der Waals surface area contributed by atoms with E-state index in [-0.39, 0.29) is 24.0 Å². The molecule has 0 bridgehead atoms. The molecule has 0 saturated heterocycles. The number of aromatic nitrogens is 3. The molecule has 0 fully saturated rings. The highest BCUT2D eigenvalue weighted by molar-refractivity contribution is 14.0. The molecule has 1 aromatic heterocycles. The third kappa shape index (κ3) is 8.04. The monoisotopic (exact) mass is 500 g/mol. The van der Waals surface area contributed by atoms with Crippen LogP contribution >= 0.6 is 24.0 Å². The van der Waals surface area contributed by atoms with Gasteiger partial charge >= 0.3 is 0 Å². The van der Waals surface area contributed by atoms with Crippen molar-refractivity contribution in [2.45, 2.75) is 46.7 Å². The van der Waals surface area contributed by atoms with Crippen LogP contribution in [0.4, 0.5) is 0 Å². The lowest BCUT2D eigenvalue weighted by Gasteiger charge is -2.15. The summed E-state index contributed by atoms with van der Waals surface area (Å²) in [6.45, 7) is 8.50. The Morgan fingerprint density at radius 3 is 2.64 bits per heavy atom. The number of benzene rings is 1. The zero-order valence-corrected chi connectivity index (χ0v) is 19.9. The first kappa shape index (κ1) is 24.2. The third-order valence-corrected chi connectivity index (χ3v) is 4.30.